The zero-order chi connectivity index (χ0) is 12.4. The molecule has 4 heteroatoms. The maximum absolute atomic E-state index is 10.3. The molecule has 0 aromatic rings. The minimum absolute atomic E-state index is 0.0173. The van der Waals surface area contributed by atoms with Gasteiger partial charge in [0, 0.05) is 23.9 Å². The van der Waals surface area contributed by atoms with Crippen molar-refractivity contribution in [2.75, 3.05) is 0 Å². The van der Waals surface area contributed by atoms with Gasteiger partial charge >= 0.3 is 5.97 Å². The summed E-state index contributed by atoms with van der Waals surface area (Å²) in [5.41, 5.74) is 0.0347. The molecule has 2 N–H and O–H groups in total. The minimum atomic E-state index is -0.979. The smallest absolute Gasteiger partial charge is 0.331 e. The van der Waals surface area contributed by atoms with Crippen LogP contribution in [0.2, 0.25) is 0 Å². The molecule has 0 bridgehead atoms. The van der Waals surface area contributed by atoms with Crippen molar-refractivity contribution in [3.63, 3.8) is 0 Å². The van der Waals surface area contributed by atoms with Gasteiger partial charge in [-0.05, 0) is 27.7 Å². The van der Waals surface area contributed by atoms with Gasteiger partial charge in [-0.2, -0.15) is 0 Å². The lowest BCUT2D eigenvalue weighted by molar-refractivity contribution is -0.131. The number of hydrogen-bond donors (Lipinski definition) is 2. The van der Waals surface area contributed by atoms with E-state index in [1.807, 2.05) is 0 Å². The van der Waals surface area contributed by atoms with Gasteiger partial charge in [-0.3, -0.25) is 0 Å². The summed E-state index contributed by atoms with van der Waals surface area (Å²) in [7, 11) is 0. The first kappa shape index (κ1) is 13.0. The van der Waals surface area contributed by atoms with Crippen LogP contribution in [0.5, 0.6) is 0 Å². The van der Waals surface area contributed by atoms with Gasteiger partial charge in [0.1, 0.15) is 6.10 Å². The third kappa shape index (κ3) is 4.23. The topological polar surface area (TPSA) is 58.6 Å². The van der Waals surface area contributed by atoms with Crippen LogP contribution < -0.4 is 5.32 Å². The molecule has 0 saturated carbocycles. The van der Waals surface area contributed by atoms with E-state index in [0.29, 0.717) is 0 Å². The molecule has 1 aliphatic heterocycles. The van der Waals surface area contributed by atoms with Crippen molar-refractivity contribution < 1.29 is 14.6 Å². The normalized spacial score (nSPS) is 24.5. The highest BCUT2D eigenvalue weighted by molar-refractivity contribution is 5.79. The van der Waals surface area contributed by atoms with Crippen LogP contribution >= 0.6 is 0 Å². The van der Waals surface area contributed by atoms with Crippen LogP contribution in [0.3, 0.4) is 0 Å². The second-order valence-corrected chi connectivity index (χ2v) is 5.70. The van der Waals surface area contributed by atoms with E-state index in [1.54, 1.807) is 0 Å². The largest absolute Gasteiger partial charge is 0.498 e. The van der Waals surface area contributed by atoms with Crippen LogP contribution in [-0.4, -0.2) is 28.3 Å². The lowest BCUT2D eigenvalue weighted by atomic mass is 9.81. The molecule has 92 valence electrons. The molecular formula is C12H21NO3. The minimum Gasteiger partial charge on any atom is -0.498 e. The van der Waals surface area contributed by atoms with Crippen molar-refractivity contribution in [2.24, 2.45) is 0 Å². The number of ether oxygens (including phenoxy) is 1. The van der Waals surface area contributed by atoms with Crippen LogP contribution in [0.1, 0.15) is 40.5 Å². The monoisotopic (exact) mass is 227 g/mol. The molecule has 1 aliphatic rings. The number of carbonyl (C=O) groups is 1. The summed E-state index contributed by atoms with van der Waals surface area (Å²) >= 11 is 0. The van der Waals surface area contributed by atoms with Gasteiger partial charge in [0.05, 0.1) is 12.3 Å². The predicted octanol–water partition coefficient (Wildman–Crippen LogP) is 1.91. The van der Waals surface area contributed by atoms with Crippen LogP contribution in [0.15, 0.2) is 12.3 Å². The lowest BCUT2D eigenvalue weighted by Gasteiger charge is -2.45. The quantitative estimate of drug-likeness (QED) is 0.571. The Hall–Kier alpha value is -1.03. The first-order valence-corrected chi connectivity index (χ1v) is 5.54. The molecule has 16 heavy (non-hydrogen) atoms. The maximum atomic E-state index is 10.3. The highest BCUT2D eigenvalue weighted by Gasteiger charge is 2.38. The van der Waals surface area contributed by atoms with Gasteiger partial charge in [-0.1, -0.05) is 0 Å². The van der Waals surface area contributed by atoms with Crippen LogP contribution in [-0.2, 0) is 9.53 Å². The summed E-state index contributed by atoms with van der Waals surface area (Å²) < 4.78 is 5.46. The van der Waals surface area contributed by atoms with Gasteiger partial charge in [-0.15, -0.1) is 0 Å². The molecule has 4 nitrogen and oxygen atoms in total. The molecule has 0 aromatic heterocycles. The van der Waals surface area contributed by atoms with E-state index in [2.05, 4.69) is 33.0 Å². The molecule has 1 rings (SSSR count). The fraction of sp³-hybridized carbons (Fsp3) is 0.750. The number of aliphatic carboxylic acids is 1. The summed E-state index contributed by atoms with van der Waals surface area (Å²) in [5, 5.41) is 12.0. The summed E-state index contributed by atoms with van der Waals surface area (Å²) in [5.74, 6) is -0.979. The Morgan fingerprint density at radius 3 is 2.25 bits per heavy atom. The Bertz CT molecular complexity index is 279. The van der Waals surface area contributed by atoms with Crippen molar-refractivity contribution in [3.05, 3.63) is 12.3 Å². The number of piperidine rings is 1. The Balaban J connectivity index is 2.57. The van der Waals surface area contributed by atoms with Crippen LogP contribution in [0, 0.1) is 0 Å². The van der Waals surface area contributed by atoms with Crippen molar-refractivity contribution in [2.45, 2.75) is 57.7 Å². The van der Waals surface area contributed by atoms with E-state index in [0.717, 1.165) is 18.9 Å². The van der Waals surface area contributed by atoms with E-state index in [1.165, 1.54) is 6.26 Å². The van der Waals surface area contributed by atoms with Gasteiger partial charge in [-0.25, -0.2) is 4.79 Å². The van der Waals surface area contributed by atoms with Crippen molar-refractivity contribution in [3.8, 4) is 0 Å². The SMILES string of the molecule is CC1(C)CC(O/C=C/C(=O)O)CC(C)(C)N1. The highest BCUT2D eigenvalue weighted by Crippen LogP contribution is 2.30. The molecule has 0 spiro atoms. The fourth-order valence-electron chi connectivity index (χ4n) is 2.53. The number of nitrogens with one attached hydrogen (secondary N) is 1. The maximum Gasteiger partial charge on any atom is 0.331 e. The van der Waals surface area contributed by atoms with E-state index in [-0.39, 0.29) is 17.2 Å². The average molecular weight is 227 g/mol. The van der Waals surface area contributed by atoms with Crippen molar-refractivity contribution in [1.29, 1.82) is 0 Å². The molecule has 0 radical (unpaired) electrons. The number of carboxylic acids is 1. The molecule has 1 saturated heterocycles. The van der Waals surface area contributed by atoms with E-state index in [4.69, 9.17) is 9.84 Å². The first-order valence-electron chi connectivity index (χ1n) is 5.54. The zero-order valence-electron chi connectivity index (χ0n) is 10.4. The Kier molecular flexibility index (Phi) is 3.63. The molecule has 0 aliphatic carbocycles. The van der Waals surface area contributed by atoms with E-state index in [9.17, 15) is 4.79 Å². The molecular weight excluding hydrogens is 206 g/mol. The summed E-state index contributed by atoms with van der Waals surface area (Å²) in [4.78, 5) is 10.3. The molecule has 0 atom stereocenters. The summed E-state index contributed by atoms with van der Waals surface area (Å²) in [6, 6.07) is 0. The lowest BCUT2D eigenvalue weighted by Crippen LogP contribution is -2.59. The van der Waals surface area contributed by atoms with Gasteiger partial charge in [0.25, 0.3) is 0 Å². The Morgan fingerprint density at radius 1 is 1.31 bits per heavy atom. The van der Waals surface area contributed by atoms with Gasteiger partial charge in [0.15, 0.2) is 0 Å². The second kappa shape index (κ2) is 4.45. The number of hydrogen-bond acceptors (Lipinski definition) is 3. The first-order chi connectivity index (χ1) is 7.20. The van der Waals surface area contributed by atoms with Crippen LogP contribution in [0.25, 0.3) is 0 Å². The molecule has 1 fully saturated rings. The fourth-order valence-corrected chi connectivity index (χ4v) is 2.53. The molecule has 1 heterocycles. The third-order valence-electron chi connectivity index (χ3n) is 2.63. The third-order valence-corrected chi connectivity index (χ3v) is 2.63. The molecule has 0 unspecified atom stereocenters. The summed E-state index contributed by atoms with van der Waals surface area (Å²) in [6.07, 6.45) is 4.13. The van der Waals surface area contributed by atoms with Gasteiger partial charge < -0.3 is 15.2 Å². The summed E-state index contributed by atoms with van der Waals surface area (Å²) in [6.45, 7) is 8.52. The number of rotatable bonds is 3. The standard InChI is InChI=1S/C12H21NO3/c1-11(2)7-9(8-12(3,4)13-11)16-6-5-10(14)15/h5-6,9,13H,7-8H2,1-4H3,(H,14,15)/b6-5+. The molecule has 0 aromatic carbocycles. The molecule has 0 amide bonds. The Labute approximate surface area is 96.7 Å². The predicted molar refractivity (Wildman–Crippen MR) is 62.2 cm³/mol. The van der Waals surface area contributed by atoms with E-state index < -0.39 is 5.97 Å². The van der Waals surface area contributed by atoms with Crippen molar-refractivity contribution in [1.82, 2.24) is 5.32 Å². The van der Waals surface area contributed by atoms with Gasteiger partial charge in [0.2, 0.25) is 0 Å². The number of carboxylic acid groups (broad SMARTS) is 1. The Morgan fingerprint density at radius 2 is 1.81 bits per heavy atom. The zero-order valence-corrected chi connectivity index (χ0v) is 10.4. The van der Waals surface area contributed by atoms with Crippen LogP contribution in [0.4, 0.5) is 0 Å². The van der Waals surface area contributed by atoms with E-state index >= 15 is 0 Å². The van der Waals surface area contributed by atoms with Crippen molar-refractivity contribution >= 4 is 5.97 Å². The average Bonchev–Trinajstić information content (AvgIpc) is 1.96. The second-order valence-electron chi connectivity index (χ2n) is 5.70. The highest BCUT2D eigenvalue weighted by atomic mass is 16.5.